The Morgan fingerprint density at radius 2 is 2.36 bits per heavy atom. The molecule has 1 aromatic heterocycles. The van der Waals surface area contributed by atoms with E-state index in [0.29, 0.717) is 11.8 Å². The molecule has 0 saturated carbocycles. The van der Waals surface area contributed by atoms with E-state index < -0.39 is 0 Å². The van der Waals surface area contributed by atoms with Gasteiger partial charge in [0.15, 0.2) is 0 Å². The number of nitrogens with one attached hydrogen (secondary N) is 1. The highest BCUT2D eigenvalue weighted by molar-refractivity contribution is 6.18. The van der Waals surface area contributed by atoms with Gasteiger partial charge in [-0.3, -0.25) is 0 Å². The second-order valence-electron chi connectivity index (χ2n) is 2.85. The number of hydrogen-bond donors (Lipinski definition) is 1. The van der Waals surface area contributed by atoms with Crippen molar-refractivity contribution in [1.29, 1.82) is 0 Å². The minimum atomic E-state index is 0.233. The third-order valence-electron chi connectivity index (χ3n) is 1.88. The third kappa shape index (κ3) is 3.03. The van der Waals surface area contributed by atoms with E-state index in [0.717, 1.165) is 12.2 Å². The number of anilines is 1. The van der Waals surface area contributed by atoms with Crippen LogP contribution in [0.5, 0.6) is 5.88 Å². The Hall–Kier alpha value is -1.03. The zero-order valence-corrected chi connectivity index (χ0v) is 9.08. The van der Waals surface area contributed by atoms with E-state index in [-0.39, 0.29) is 6.04 Å². The molecule has 0 aromatic carbocycles. The molecule has 0 bridgehead atoms. The van der Waals surface area contributed by atoms with Gasteiger partial charge < -0.3 is 10.1 Å². The number of aromatic nitrogens is 2. The fourth-order valence-corrected chi connectivity index (χ4v) is 1.28. The monoisotopic (exact) mass is 215 g/mol. The molecule has 0 radical (unpaired) electrons. The van der Waals surface area contributed by atoms with Crippen LogP contribution in [0.25, 0.3) is 0 Å². The van der Waals surface area contributed by atoms with Crippen LogP contribution in [-0.2, 0) is 0 Å². The molecule has 1 N–H and O–H groups in total. The van der Waals surface area contributed by atoms with Crippen molar-refractivity contribution in [3.8, 4) is 5.88 Å². The van der Waals surface area contributed by atoms with Crippen LogP contribution in [0.4, 0.5) is 5.82 Å². The summed E-state index contributed by atoms with van der Waals surface area (Å²) in [5, 5.41) is 3.19. The van der Waals surface area contributed by atoms with E-state index in [1.54, 1.807) is 13.2 Å². The molecule has 4 nitrogen and oxygen atoms in total. The van der Waals surface area contributed by atoms with Gasteiger partial charge in [0.1, 0.15) is 12.1 Å². The van der Waals surface area contributed by atoms with Crippen LogP contribution >= 0.6 is 11.6 Å². The van der Waals surface area contributed by atoms with Gasteiger partial charge in [0.2, 0.25) is 5.88 Å². The Morgan fingerprint density at radius 3 is 2.93 bits per heavy atom. The number of rotatable bonds is 5. The summed E-state index contributed by atoms with van der Waals surface area (Å²) < 4.78 is 4.98. The molecule has 14 heavy (non-hydrogen) atoms. The van der Waals surface area contributed by atoms with Crippen molar-refractivity contribution in [3.63, 3.8) is 0 Å². The minimum absolute atomic E-state index is 0.233. The first kappa shape index (κ1) is 11.0. The first-order chi connectivity index (χ1) is 6.80. The first-order valence-electron chi connectivity index (χ1n) is 4.48. The average Bonchev–Trinajstić information content (AvgIpc) is 2.26. The fraction of sp³-hybridized carbons (Fsp3) is 0.556. The van der Waals surface area contributed by atoms with Gasteiger partial charge in [0.25, 0.3) is 0 Å². The van der Waals surface area contributed by atoms with E-state index >= 15 is 0 Å². The topological polar surface area (TPSA) is 47.0 Å². The largest absolute Gasteiger partial charge is 0.481 e. The molecule has 0 fully saturated rings. The van der Waals surface area contributed by atoms with Crippen molar-refractivity contribution >= 4 is 17.4 Å². The Morgan fingerprint density at radius 1 is 1.57 bits per heavy atom. The van der Waals surface area contributed by atoms with Gasteiger partial charge in [-0.2, -0.15) is 0 Å². The van der Waals surface area contributed by atoms with Gasteiger partial charge in [-0.05, 0) is 6.42 Å². The summed E-state index contributed by atoms with van der Waals surface area (Å²) in [7, 11) is 1.57. The van der Waals surface area contributed by atoms with Gasteiger partial charge >= 0.3 is 0 Å². The highest BCUT2D eigenvalue weighted by Crippen LogP contribution is 2.12. The van der Waals surface area contributed by atoms with Crippen LogP contribution in [0, 0.1) is 0 Å². The van der Waals surface area contributed by atoms with Gasteiger partial charge in [-0.1, -0.05) is 6.92 Å². The van der Waals surface area contributed by atoms with E-state index in [4.69, 9.17) is 16.3 Å². The predicted octanol–water partition coefficient (Wildman–Crippen LogP) is 1.91. The summed E-state index contributed by atoms with van der Waals surface area (Å²) in [6.07, 6.45) is 2.41. The van der Waals surface area contributed by atoms with Crippen molar-refractivity contribution in [2.75, 3.05) is 18.3 Å². The zero-order chi connectivity index (χ0) is 10.4. The number of ether oxygens (including phenoxy) is 1. The van der Waals surface area contributed by atoms with Crippen LogP contribution in [0.2, 0.25) is 0 Å². The van der Waals surface area contributed by atoms with Gasteiger partial charge in [-0.25, -0.2) is 9.97 Å². The molecule has 0 spiro atoms. The molecule has 1 heterocycles. The number of nitrogens with zero attached hydrogens (tertiary/aromatic N) is 2. The quantitative estimate of drug-likeness (QED) is 0.763. The molecule has 1 atom stereocenters. The standard InChI is InChI=1S/C9H14ClN3O/c1-3-7(5-10)13-8-4-9(14-2)12-6-11-8/h4,6-7H,3,5H2,1-2H3,(H,11,12,13). The van der Waals surface area contributed by atoms with E-state index in [9.17, 15) is 0 Å². The van der Waals surface area contributed by atoms with E-state index in [2.05, 4.69) is 22.2 Å². The maximum absolute atomic E-state index is 5.75. The molecule has 0 aliphatic carbocycles. The van der Waals surface area contributed by atoms with Crippen molar-refractivity contribution in [1.82, 2.24) is 9.97 Å². The smallest absolute Gasteiger partial charge is 0.218 e. The molecule has 0 aliphatic heterocycles. The fourth-order valence-electron chi connectivity index (χ4n) is 0.989. The van der Waals surface area contributed by atoms with Crippen LogP contribution in [-0.4, -0.2) is 29.0 Å². The highest BCUT2D eigenvalue weighted by Gasteiger charge is 2.05. The van der Waals surface area contributed by atoms with E-state index in [1.165, 1.54) is 6.33 Å². The normalized spacial score (nSPS) is 12.2. The lowest BCUT2D eigenvalue weighted by atomic mass is 10.2. The Kier molecular flexibility index (Phi) is 4.46. The van der Waals surface area contributed by atoms with Crippen LogP contribution < -0.4 is 10.1 Å². The van der Waals surface area contributed by atoms with Gasteiger partial charge in [0, 0.05) is 18.0 Å². The number of hydrogen-bond acceptors (Lipinski definition) is 4. The van der Waals surface area contributed by atoms with Gasteiger partial charge in [-0.15, -0.1) is 11.6 Å². The average molecular weight is 216 g/mol. The first-order valence-corrected chi connectivity index (χ1v) is 5.02. The SMILES string of the molecule is CCC(CCl)Nc1cc(OC)ncn1. The number of halogens is 1. The molecule has 0 amide bonds. The lowest BCUT2D eigenvalue weighted by Gasteiger charge is -2.14. The Bertz CT molecular complexity index is 279. The summed E-state index contributed by atoms with van der Waals surface area (Å²) in [5.74, 6) is 1.85. The molecule has 1 aromatic rings. The molecule has 78 valence electrons. The van der Waals surface area contributed by atoms with Crippen molar-refractivity contribution in [3.05, 3.63) is 12.4 Å². The minimum Gasteiger partial charge on any atom is -0.481 e. The number of alkyl halides is 1. The summed E-state index contributed by atoms with van der Waals surface area (Å²) in [5.41, 5.74) is 0. The van der Waals surface area contributed by atoms with E-state index in [1.807, 2.05) is 0 Å². The second-order valence-corrected chi connectivity index (χ2v) is 3.16. The maximum Gasteiger partial charge on any atom is 0.218 e. The summed E-state index contributed by atoms with van der Waals surface area (Å²) in [6, 6.07) is 1.98. The molecule has 1 rings (SSSR count). The molecule has 5 heteroatoms. The van der Waals surface area contributed by atoms with Crippen molar-refractivity contribution in [2.24, 2.45) is 0 Å². The van der Waals surface area contributed by atoms with Crippen molar-refractivity contribution in [2.45, 2.75) is 19.4 Å². The molecular formula is C9H14ClN3O. The summed E-state index contributed by atoms with van der Waals surface area (Å²) in [6.45, 7) is 2.07. The summed E-state index contributed by atoms with van der Waals surface area (Å²) >= 11 is 5.75. The Balaban J connectivity index is 2.65. The van der Waals surface area contributed by atoms with Crippen molar-refractivity contribution < 1.29 is 4.74 Å². The number of methoxy groups -OCH3 is 1. The van der Waals surface area contributed by atoms with Crippen LogP contribution in [0.15, 0.2) is 12.4 Å². The maximum atomic E-state index is 5.75. The van der Waals surface area contributed by atoms with Gasteiger partial charge in [0.05, 0.1) is 7.11 Å². The third-order valence-corrected chi connectivity index (χ3v) is 2.25. The second kappa shape index (κ2) is 5.65. The predicted molar refractivity (Wildman–Crippen MR) is 57.0 cm³/mol. The molecule has 0 aliphatic rings. The van der Waals surface area contributed by atoms with Crippen LogP contribution in [0.3, 0.4) is 0 Å². The Labute approximate surface area is 88.7 Å². The zero-order valence-electron chi connectivity index (χ0n) is 8.33. The molecule has 1 unspecified atom stereocenters. The molecule has 0 saturated heterocycles. The highest BCUT2D eigenvalue weighted by atomic mass is 35.5. The lowest BCUT2D eigenvalue weighted by molar-refractivity contribution is 0.397. The summed E-state index contributed by atoms with van der Waals surface area (Å²) in [4.78, 5) is 7.97. The van der Waals surface area contributed by atoms with Crippen LogP contribution in [0.1, 0.15) is 13.3 Å². The lowest BCUT2D eigenvalue weighted by Crippen LogP contribution is -2.20. The molecular weight excluding hydrogens is 202 g/mol.